The third-order valence-electron chi connectivity index (χ3n) is 4.99. The average molecular weight is 530 g/mol. The SMILES string of the molecule is CCOc1ccc(Cn2cc(NC(=O)c3ccn(COc4cccc(Cl)c4Cl)n3)cn2)cc1OCC. The molecule has 188 valence electrons. The van der Waals surface area contributed by atoms with Crippen LogP contribution in [-0.2, 0) is 13.3 Å². The van der Waals surface area contributed by atoms with Crippen molar-refractivity contribution in [3.63, 3.8) is 0 Å². The van der Waals surface area contributed by atoms with E-state index in [1.54, 1.807) is 47.5 Å². The summed E-state index contributed by atoms with van der Waals surface area (Å²) in [6.07, 6.45) is 4.96. The van der Waals surface area contributed by atoms with Crippen molar-refractivity contribution in [2.24, 2.45) is 0 Å². The van der Waals surface area contributed by atoms with E-state index in [1.807, 2.05) is 32.0 Å². The molecular formula is C25H25Cl2N5O4. The highest BCUT2D eigenvalue weighted by molar-refractivity contribution is 6.42. The summed E-state index contributed by atoms with van der Waals surface area (Å²) in [7, 11) is 0. The van der Waals surface area contributed by atoms with Crippen molar-refractivity contribution in [2.75, 3.05) is 18.5 Å². The van der Waals surface area contributed by atoms with E-state index in [9.17, 15) is 4.79 Å². The molecule has 0 saturated heterocycles. The summed E-state index contributed by atoms with van der Waals surface area (Å²) in [4.78, 5) is 12.6. The third-order valence-corrected chi connectivity index (χ3v) is 5.79. The van der Waals surface area contributed by atoms with Crippen LogP contribution in [0.25, 0.3) is 0 Å². The molecule has 36 heavy (non-hydrogen) atoms. The Morgan fingerprint density at radius 1 is 0.972 bits per heavy atom. The zero-order chi connectivity index (χ0) is 25.5. The summed E-state index contributed by atoms with van der Waals surface area (Å²) < 4.78 is 20.2. The molecule has 9 nitrogen and oxygen atoms in total. The number of carbonyl (C=O) groups is 1. The van der Waals surface area contributed by atoms with Crippen LogP contribution in [0.2, 0.25) is 10.0 Å². The number of nitrogens with one attached hydrogen (secondary N) is 1. The first-order valence-corrected chi connectivity index (χ1v) is 12.0. The fraction of sp³-hybridized carbons (Fsp3) is 0.240. The lowest BCUT2D eigenvalue weighted by atomic mass is 10.2. The summed E-state index contributed by atoms with van der Waals surface area (Å²) in [6.45, 7) is 5.52. The van der Waals surface area contributed by atoms with E-state index >= 15 is 0 Å². The maximum Gasteiger partial charge on any atom is 0.276 e. The molecule has 0 atom stereocenters. The Hall–Kier alpha value is -3.69. The third kappa shape index (κ3) is 6.30. The number of anilines is 1. The Bertz CT molecular complexity index is 1340. The maximum atomic E-state index is 12.6. The van der Waals surface area contributed by atoms with Crippen LogP contribution in [0.1, 0.15) is 29.9 Å². The van der Waals surface area contributed by atoms with Gasteiger partial charge >= 0.3 is 0 Å². The van der Waals surface area contributed by atoms with E-state index in [0.29, 0.717) is 52.7 Å². The second-order valence-electron chi connectivity index (χ2n) is 7.59. The first-order chi connectivity index (χ1) is 17.5. The van der Waals surface area contributed by atoms with Crippen LogP contribution in [0.4, 0.5) is 5.69 Å². The van der Waals surface area contributed by atoms with Gasteiger partial charge in [-0.3, -0.25) is 9.48 Å². The predicted octanol–water partition coefficient (Wildman–Crippen LogP) is 5.52. The topological polar surface area (TPSA) is 92.4 Å². The lowest BCUT2D eigenvalue weighted by Gasteiger charge is -2.12. The number of aromatic nitrogens is 4. The number of carbonyl (C=O) groups excluding carboxylic acids is 1. The normalized spacial score (nSPS) is 10.8. The number of nitrogens with zero attached hydrogens (tertiary/aromatic N) is 4. The summed E-state index contributed by atoms with van der Waals surface area (Å²) >= 11 is 12.1. The largest absolute Gasteiger partial charge is 0.490 e. The van der Waals surface area contributed by atoms with Crippen molar-refractivity contribution in [3.8, 4) is 17.2 Å². The molecule has 0 fully saturated rings. The monoisotopic (exact) mass is 529 g/mol. The van der Waals surface area contributed by atoms with Crippen LogP contribution in [0.15, 0.2) is 61.1 Å². The Kier molecular flexibility index (Phi) is 8.35. The molecule has 2 aromatic heterocycles. The molecule has 11 heteroatoms. The summed E-state index contributed by atoms with van der Waals surface area (Å²) in [6, 6.07) is 12.5. The zero-order valence-corrected chi connectivity index (χ0v) is 21.3. The van der Waals surface area contributed by atoms with Gasteiger partial charge in [-0.05, 0) is 49.7 Å². The van der Waals surface area contributed by atoms with E-state index in [4.69, 9.17) is 37.4 Å². The number of halogens is 2. The number of amides is 1. The van der Waals surface area contributed by atoms with Gasteiger partial charge in [0.1, 0.15) is 10.8 Å². The fourth-order valence-corrected chi connectivity index (χ4v) is 3.72. The van der Waals surface area contributed by atoms with Gasteiger partial charge in [-0.15, -0.1) is 0 Å². The maximum absolute atomic E-state index is 12.6. The Balaban J connectivity index is 1.35. The van der Waals surface area contributed by atoms with Crippen LogP contribution < -0.4 is 19.5 Å². The van der Waals surface area contributed by atoms with E-state index in [0.717, 1.165) is 5.56 Å². The molecule has 0 bridgehead atoms. The first-order valence-electron chi connectivity index (χ1n) is 11.3. The zero-order valence-electron chi connectivity index (χ0n) is 19.8. The van der Waals surface area contributed by atoms with Crippen LogP contribution in [0, 0.1) is 0 Å². The molecule has 2 aromatic carbocycles. The number of ether oxygens (including phenoxy) is 3. The minimum Gasteiger partial charge on any atom is -0.490 e. The quantitative estimate of drug-likeness (QED) is 0.275. The van der Waals surface area contributed by atoms with Crippen molar-refractivity contribution in [1.82, 2.24) is 19.6 Å². The molecule has 0 aliphatic heterocycles. The van der Waals surface area contributed by atoms with Crippen molar-refractivity contribution in [2.45, 2.75) is 27.1 Å². The molecule has 4 rings (SSSR count). The van der Waals surface area contributed by atoms with Gasteiger partial charge in [0.15, 0.2) is 23.9 Å². The summed E-state index contributed by atoms with van der Waals surface area (Å²) in [5.41, 5.74) is 1.77. The minimum atomic E-state index is -0.367. The molecular weight excluding hydrogens is 505 g/mol. The molecule has 0 spiro atoms. The van der Waals surface area contributed by atoms with Crippen molar-refractivity contribution in [1.29, 1.82) is 0 Å². The molecule has 0 aliphatic rings. The van der Waals surface area contributed by atoms with Crippen molar-refractivity contribution >= 4 is 34.8 Å². The van der Waals surface area contributed by atoms with Gasteiger partial charge in [0.05, 0.1) is 36.7 Å². The summed E-state index contributed by atoms with van der Waals surface area (Å²) in [5.74, 6) is 1.46. The Morgan fingerprint density at radius 2 is 1.78 bits per heavy atom. The second-order valence-corrected chi connectivity index (χ2v) is 8.38. The van der Waals surface area contributed by atoms with Gasteiger partial charge in [-0.25, -0.2) is 4.68 Å². The molecule has 1 N–H and O–H groups in total. The van der Waals surface area contributed by atoms with Crippen molar-refractivity contribution in [3.05, 3.63) is 82.4 Å². The second kappa shape index (κ2) is 11.8. The fourth-order valence-electron chi connectivity index (χ4n) is 3.38. The van der Waals surface area contributed by atoms with Crippen molar-refractivity contribution < 1.29 is 19.0 Å². The highest BCUT2D eigenvalue weighted by Gasteiger charge is 2.13. The van der Waals surface area contributed by atoms with Crippen LogP contribution in [0.5, 0.6) is 17.2 Å². The van der Waals surface area contributed by atoms with Gasteiger partial charge < -0.3 is 19.5 Å². The van der Waals surface area contributed by atoms with Crippen LogP contribution in [-0.4, -0.2) is 38.7 Å². The van der Waals surface area contributed by atoms with Gasteiger partial charge in [0.2, 0.25) is 0 Å². The molecule has 2 heterocycles. The lowest BCUT2D eigenvalue weighted by molar-refractivity contribution is 0.102. The van der Waals surface area contributed by atoms with E-state index in [2.05, 4.69) is 15.5 Å². The molecule has 0 unspecified atom stereocenters. The van der Waals surface area contributed by atoms with E-state index in [-0.39, 0.29) is 18.3 Å². The molecule has 0 radical (unpaired) electrons. The molecule has 1 amide bonds. The Morgan fingerprint density at radius 3 is 2.58 bits per heavy atom. The van der Waals surface area contributed by atoms with Crippen LogP contribution in [0.3, 0.4) is 0 Å². The molecule has 0 saturated carbocycles. The molecule has 4 aromatic rings. The van der Waals surface area contributed by atoms with E-state index in [1.165, 1.54) is 4.68 Å². The minimum absolute atomic E-state index is 0.0666. The number of hydrogen-bond acceptors (Lipinski definition) is 6. The Labute approximate surface area is 218 Å². The highest BCUT2D eigenvalue weighted by Crippen LogP contribution is 2.31. The van der Waals surface area contributed by atoms with Crippen LogP contribution >= 0.6 is 23.2 Å². The first kappa shape index (κ1) is 25.4. The lowest BCUT2D eigenvalue weighted by Crippen LogP contribution is -2.14. The average Bonchev–Trinajstić information content (AvgIpc) is 3.52. The van der Waals surface area contributed by atoms with Gasteiger partial charge in [0.25, 0.3) is 5.91 Å². The smallest absolute Gasteiger partial charge is 0.276 e. The number of hydrogen-bond donors (Lipinski definition) is 1. The standard InChI is InChI=1S/C25H25Cl2N5O4/c1-3-34-21-9-8-17(12-23(21)35-4-2)14-32-15-18(13-28-32)29-25(33)20-10-11-31(30-20)16-36-22-7-5-6-19(26)24(22)27/h5-13,15H,3-4,14,16H2,1-2H3,(H,29,33). The number of benzene rings is 2. The van der Waals surface area contributed by atoms with Gasteiger partial charge in [-0.2, -0.15) is 10.2 Å². The highest BCUT2D eigenvalue weighted by atomic mass is 35.5. The molecule has 0 aliphatic carbocycles. The van der Waals surface area contributed by atoms with Gasteiger partial charge in [0, 0.05) is 12.4 Å². The summed E-state index contributed by atoms with van der Waals surface area (Å²) in [5, 5.41) is 12.1. The van der Waals surface area contributed by atoms with Gasteiger partial charge in [-0.1, -0.05) is 35.3 Å². The predicted molar refractivity (Wildman–Crippen MR) is 137 cm³/mol. The van der Waals surface area contributed by atoms with E-state index < -0.39 is 0 Å². The number of rotatable bonds is 11.